The van der Waals surface area contributed by atoms with E-state index in [1.165, 1.54) is 42.3 Å². The lowest BCUT2D eigenvalue weighted by Crippen LogP contribution is -2.22. The smallest absolute Gasteiger partial charge is 0.284 e. The van der Waals surface area contributed by atoms with Crippen LogP contribution in [0.3, 0.4) is 0 Å². The number of hydrogen-bond acceptors (Lipinski definition) is 3. The molecule has 0 unspecified atom stereocenters. The maximum Gasteiger partial charge on any atom is 0.284 e. The lowest BCUT2D eigenvalue weighted by molar-refractivity contribution is 0.0818. The van der Waals surface area contributed by atoms with Crippen LogP contribution in [0.1, 0.15) is 78.3 Å². The summed E-state index contributed by atoms with van der Waals surface area (Å²) in [5, 5.41) is 5.20. The van der Waals surface area contributed by atoms with Gasteiger partial charge in [0, 0.05) is 10.7 Å². The van der Waals surface area contributed by atoms with Gasteiger partial charge in [-0.05, 0) is 69.4 Å². The lowest BCUT2D eigenvalue weighted by atomic mass is 10.0. The quantitative estimate of drug-likeness (QED) is 0.431. The van der Waals surface area contributed by atoms with Gasteiger partial charge in [-0.25, -0.2) is 4.68 Å². The second-order valence-corrected chi connectivity index (χ2v) is 8.01. The summed E-state index contributed by atoms with van der Waals surface area (Å²) in [5.74, 6) is 0.502. The van der Waals surface area contributed by atoms with Crippen molar-refractivity contribution in [2.75, 3.05) is 6.61 Å². The van der Waals surface area contributed by atoms with Gasteiger partial charge in [-0.2, -0.15) is 5.10 Å². The first kappa shape index (κ1) is 22.5. The summed E-state index contributed by atoms with van der Waals surface area (Å²) in [6.07, 6.45) is 8.54. The molecule has 0 atom stereocenters. The molecule has 0 aliphatic rings. The summed E-state index contributed by atoms with van der Waals surface area (Å²) in [6.45, 7) is 10.0. The molecule has 2 rings (SSSR count). The van der Waals surface area contributed by atoms with Crippen molar-refractivity contribution in [3.63, 3.8) is 0 Å². The molecule has 0 saturated carbocycles. The zero-order valence-electron chi connectivity index (χ0n) is 17.9. The molecule has 28 heavy (non-hydrogen) atoms. The van der Waals surface area contributed by atoms with Crippen molar-refractivity contribution in [2.24, 2.45) is 0 Å². The van der Waals surface area contributed by atoms with Crippen LogP contribution in [0.15, 0.2) is 12.1 Å². The van der Waals surface area contributed by atoms with Crippen molar-refractivity contribution >= 4 is 17.5 Å². The third-order valence-electron chi connectivity index (χ3n) is 5.23. The van der Waals surface area contributed by atoms with Crippen LogP contribution in [-0.4, -0.2) is 22.3 Å². The number of halogens is 1. The Morgan fingerprint density at radius 3 is 2.29 bits per heavy atom. The number of benzene rings is 1. The SMILES string of the molecule is CCCCCCCCc1c(C)nn(C(=O)COc2cc(C)c(Cl)c(C)c2)c1C. The molecule has 2 aromatic rings. The number of carbonyl (C=O) groups is 1. The molecule has 5 heteroatoms. The van der Waals surface area contributed by atoms with E-state index in [9.17, 15) is 4.79 Å². The molecule has 1 aromatic carbocycles. The second-order valence-electron chi connectivity index (χ2n) is 7.63. The summed E-state index contributed by atoms with van der Waals surface area (Å²) in [6, 6.07) is 3.71. The number of nitrogens with zero attached hydrogens (tertiary/aromatic N) is 2. The number of hydrogen-bond donors (Lipinski definition) is 0. The number of rotatable bonds is 10. The fourth-order valence-electron chi connectivity index (χ4n) is 3.56. The van der Waals surface area contributed by atoms with Crippen molar-refractivity contribution in [3.8, 4) is 5.75 Å². The highest BCUT2D eigenvalue weighted by Gasteiger charge is 2.17. The molecular formula is C23H33ClN2O2. The average molecular weight is 405 g/mol. The Kier molecular flexibility index (Phi) is 8.56. The monoisotopic (exact) mass is 404 g/mol. The first-order valence-corrected chi connectivity index (χ1v) is 10.7. The standard InChI is InChI=1S/C23H33ClN2O2/c1-6-7-8-9-10-11-12-21-18(4)25-26(19(21)5)22(27)15-28-20-13-16(2)23(24)17(3)14-20/h13-14H,6-12,15H2,1-5H3. The van der Waals surface area contributed by atoms with Gasteiger partial charge in [0.2, 0.25) is 0 Å². The predicted octanol–water partition coefficient (Wildman–Crippen LogP) is 6.39. The van der Waals surface area contributed by atoms with E-state index in [4.69, 9.17) is 16.3 Å². The van der Waals surface area contributed by atoms with Crippen LogP contribution in [-0.2, 0) is 6.42 Å². The molecule has 1 aromatic heterocycles. The Balaban J connectivity index is 1.95. The van der Waals surface area contributed by atoms with E-state index in [1.807, 2.05) is 39.8 Å². The predicted molar refractivity (Wildman–Crippen MR) is 116 cm³/mol. The van der Waals surface area contributed by atoms with Gasteiger partial charge in [-0.3, -0.25) is 4.79 Å². The highest BCUT2D eigenvalue weighted by Crippen LogP contribution is 2.26. The van der Waals surface area contributed by atoms with Crippen LogP contribution in [0.25, 0.3) is 0 Å². The minimum Gasteiger partial charge on any atom is -0.484 e. The van der Waals surface area contributed by atoms with Crippen LogP contribution in [0.2, 0.25) is 5.02 Å². The van der Waals surface area contributed by atoms with Crippen LogP contribution in [0, 0.1) is 27.7 Å². The van der Waals surface area contributed by atoms with Crippen molar-refractivity contribution in [3.05, 3.63) is 45.2 Å². The Morgan fingerprint density at radius 1 is 1.04 bits per heavy atom. The molecule has 4 nitrogen and oxygen atoms in total. The van der Waals surface area contributed by atoms with E-state index >= 15 is 0 Å². The molecule has 0 fully saturated rings. The Morgan fingerprint density at radius 2 is 1.64 bits per heavy atom. The molecule has 0 N–H and O–H groups in total. The van der Waals surface area contributed by atoms with Gasteiger partial charge in [0.15, 0.2) is 6.61 Å². The molecular weight excluding hydrogens is 372 g/mol. The van der Waals surface area contributed by atoms with Gasteiger partial charge in [0.25, 0.3) is 5.91 Å². The van der Waals surface area contributed by atoms with Crippen molar-refractivity contribution < 1.29 is 9.53 Å². The van der Waals surface area contributed by atoms with Crippen LogP contribution in [0.4, 0.5) is 0 Å². The first-order chi connectivity index (χ1) is 13.3. The Labute approximate surface area is 174 Å². The van der Waals surface area contributed by atoms with Crippen molar-refractivity contribution in [1.29, 1.82) is 0 Å². The minimum absolute atomic E-state index is 0.0427. The minimum atomic E-state index is -0.153. The molecule has 1 heterocycles. The summed E-state index contributed by atoms with van der Waals surface area (Å²) in [5.41, 5.74) is 4.95. The van der Waals surface area contributed by atoms with Gasteiger partial charge in [0.1, 0.15) is 5.75 Å². The summed E-state index contributed by atoms with van der Waals surface area (Å²) < 4.78 is 7.21. The number of aromatic nitrogens is 2. The zero-order valence-corrected chi connectivity index (χ0v) is 18.7. The van der Waals surface area contributed by atoms with Crippen molar-refractivity contribution in [2.45, 2.75) is 79.6 Å². The number of carbonyl (C=O) groups excluding carboxylic acids is 1. The van der Waals surface area contributed by atoms with E-state index < -0.39 is 0 Å². The van der Waals surface area contributed by atoms with Gasteiger partial charge in [-0.1, -0.05) is 50.6 Å². The molecule has 0 amide bonds. The van der Waals surface area contributed by atoms with E-state index in [-0.39, 0.29) is 12.5 Å². The third-order valence-corrected chi connectivity index (χ3v) is 5.83. The maximum atomic E-state index is 12.6. The van der Waals surface area contributed by atoms with Gasteiger partial charge < -0.3 is 4.74 Å². The lowest BCUT2D eigenvalue weighted by Gasteiger charge is -2.10. The summed E-state index contributed by atoms with van der Waals surface area (Å²) in [4.78, 5) is 12.6. The van der Waals surface area contributed by atoms with Crippen LogP contribution < -0.4 is 4.74 Å². The molecule has 154 valence electrons. The molecule has 0 aliphatic heterocycles. The molecule has 0 aliphatic carbocycles. The highest BCUT2D eigenvalue weighted by molar-refractivity contribution is 6.32. The Bertz CT molecular complexity index is 788. The summed E-state index contributed by atoms with van der Waals surface area (Å²) >= 11 is 6.19. The van der Waals surface area contributed by atoms with E-state index in [0.717, 1.165) is 40.4 Å². The van der Waals surface area contributed by atoms with E-state index in [1.54, 1.807) is 0 Å². The Hall–Kier alpha value is -1.81. The maximum absolute atomic E-state index is 12.6. The zero-order chi connectivity index (χ0) is 20.7. The van der Waals surface area contributed by atoms with Crippen LogP contribution >= 0.6 is 11.6 Å². The normalized spacial score (nSPS) is 11.1. The fourth-order valence-corrected chi connectivity index (χ4v) is 3.67. The van der Waals surface area contributed by atoms with Crippen LogP contribution in [0.5, 0.6) is 5.75 Å². The summed E-state index contributed by atoms with van der Waals surface area (Å²) in [7, 11) is 0. The van der Waals surface area contributed by atoms with E-state index in [2.05, 4.69) is 12.0 Å². The molecule has 0 saturated heterocycles. The van der Waals surface area contributed by atoms with Crippen molar-refractivity contribution in [1.82, 2.24) is 9.78 Å². The second kappa shape index (κ2) is 10.7. The topological polar surface area (TPSA) is 44.1 Å². The highest BCUT2D eigenvalue weighted by atomic mass is 35.5. The number of unbranched alkanes of at least 4 members (excludes halogenated alkanes) is 5. The van der Waals surface area contributed by atoms with E-state index in [0.29, 0.717) is 5.75 Å². The third kappa shape index (κ3) is 5.84. The molecule has 0 bridgehead atoms. The average Bonchev–Trinajstić information content (AvgIpc) is 2.94. The largest absolute Gasteiger partial charge is 0.484 e. The fraction of sp³-hybridized carbons (Fsp3) is 0.565. The van der Waals surface area contributed by atoms with Gasteiger partial charge in [0.05, 0.1) is 5.69 Å². The number of aryl methyl sites for hydroxylation is 3. The first-order valence-electron chi connectivity index (χ1n) is 10.3. The van der Waals surface area contributed by atoms with Gasteiger partial charge in [-0.15, -0.1) is 0 Å². The molecule has 0 radical (unpaired) electrons. The number of ether oxygens (including phenoxy) is 1. The molecule has 0 spiro atoms. The van der Waals surface area contributed by atoms with Gasteiger partial charge >= 0.3 is 0 Å².